The van der Waals surface area contributed by atoms with Gasteiger partial charge in [0.15, 0.2) is 11.6 Å². The van der Waals surface area contributed by atoms with Crippen molar-refractivity contribution in [2.75, 3.05) is 0 Å². The van der Waals surface area contributed by atoms with Gasteiger partial charge in [-0.15, -0.1) is 0 Å². The van der Waals surface area contributed by atoms with Gasteiger partial charge in [-0.25, -0.2) is 13.2 Å². The number of pyridine rings is 1. The molecule has 0 saturated heterocycles. The van der Waals surface area contributed by atoms with Crippen LogP contribution >= 0.6 is 0 Å². The van der Waals surface area contributed by atoms with Crippen LogP contribution < -0.4 is 5.32 Å². The minimum Gasteiger partial charge on any atom is -0.348 e. The Morgan fingerprint density at radius 1 is 1.16 bits per heavy atom. The zero-order chi connectivity index (χ0) is 13.8. The van der Waals surface area contributed by atoms with Crippen LogP contribution in [0, 0.1) is 17.5 Å². The molecule has 0 spiro atoms. The van der Waals surface area contributed by atoms with Crippen molar-refractivity contribution in [1.82, 2.24) is 10.3 Å². The molecule has 1 heterocycles. The number of hydrogen-bond acceptors (Lipinski definition) is 2. The van der Waals surface area contributed by atoms with Crippen molar-refractivity contribution in [3.05, 3.63) is 65.2 Å². The highest BCUT2D eigenvalue weighted by Gasteiger charge is 2.11. The van der Waals surface area contributed by atoms with E-state index in [0.717, 1.165) is 0 Å². The predicted octanol–water partition coefficient (Wildman–Crippen LogP) is 2.43. The summed E-state index contributed by atoms with van der Waals surface area (Å²) in [5.41, 5.74) is 0.168. The van der Waals surface area contributed by atoms with E-state index in [0.29, 0.717) is 17.7 Å². The quantitative estimate of drug-likeness (QED) is 0.867. The fraction of sp³-hybridized carbons (Fsp3) is 0.0769. The number of benzene rings is 1. The Kier molecular flexibility index (Phi) is 3.79. The van der Waals surface area contributed by atoms with E-state index in [9.17, 15) is 18.0 Å². The number of amides is 1. The highest BCUT2D eigenvalue weighted by atomic mass is 19.2. The second-order valence-corrected chi connectivity index (χ2v) is 3.78. The normalized spacial score (nSPS) is 10.3. The maximum atomic E-state index is 13.3. The maximum Gasteiger partial charge on any atom is 0.253 e. The monoisotopic (exact) mass is 266 g/mol. The molecule has 0 fully saturated rings. The number of nitrogens with zero attached hydrogens (tertiary/aromatic N) is 1. The molecular formula is C13H9F3N2O. The first-order valence-electron chi connectivity index (χ1n) is 5.39. The third kappa shape index (κ3) is 3.09. The van der Waals surface area contributed by atoms with Gasteiger partial charge in [-0.3, -0.25) is 9.78 Å². The fourth-order valence-corrected chi connectivity index (χ4v) is 1.47. The van der Waals surface area contributed by atoms with Gasteiger partial charge in [-0.1, -0.05) is 0 Å². The molecule has 2 rings (SSSR count). The standard InChI is InChI=1S/C13H9F3N2O/c14-10-5-12(16)11(15)4-9(10)7-18-13(19)8-2-1-3-17-6-8/h1-6H,7H2,(H,18,19). The van der Waals surface area contributed by atoms with E-state index in [1.807, 2.05) is 0 Å². The second-order valence-electron chi connectivity index (χ2n) is 3.78. The Hall–Kier alpha value is -2.37. The molecule has 3 nitrogen and oxygen atoms in total. The molecule has 98 valence electrons. The van der Waals surface area contributed by atoms with Gasteiger partial charge in [-0.2, -0.15) is 0 Å². The van der Waals surface area contributed by atoms with E-state index in [-0.39, 0.29) is 12.1 Å². The fourth-order valence-electron chi connectivity index (χ4n) is 1.47. The second kappa shape index (κ2) is 5.51. The topological polar surface area (TPSA) is 42.0 Å². The molecule has 1 aromatic heterocycles. The molecule has 0 unspecified atom stereocenters. The largest absolute Gasteiger partial charge is 0.348 e. The SMILES string of the molecule is O=C(NCc1cc(F)c(F)cc1F)c1cccnc1. The minimum absolute atomic E-state index is 0.129. The van der Waals surface area contributed by atoms with Crippen LogP contribution in [0.5, 0.6) is 0 Å². The Bertz CT molecular complexity index is 602. The van der Waals surface area contributed by atoms with Crippen LogP contribution in [0.2, 0.25) is 0 Å². The van der Waals surface area contributed by atoms with Gasteiger partial charge >= 0.3 is 0 Å². The van der Waals surface area contributed by atoms with E-state index in [1.54, 1.807) is 6.07 Å². The van der Waals surface area contributed by atoms with Gasteiger partial charge in [0.05, 0.1) is 5.56 Å². The molecule has 1 N–H and O–H groups in total. The molecule has 0 radical (unpaired) electrons. The number of aromatic nitrogens is 1. The number of hydrogen-bond donors (Lipinski definition) is 1. The third-order valence-electron chi connectivity index (χ3n) is 2.45. The van der Waals surface area contributed by atoms with Crippen LogP contribution in [0.4, 0.5) is 13.2 Å². The van der Waals surface area contributed by atoms with E-state index >= 15 is 0 Å². The molecular weight excluding hydrogens is 257 g/mol. The van der Waals surface area contributed by atoms with Gasteiger partial charge < -0.3 is 5.32 Å². The lowest BCUT2D eigenvalue weighted by Crippen LogP contribution is -2.23. The summed E-state index contributed by atoms with van der Waals surface area (Å²) in [5, 5.41) is 2.39. The molecule has 1 amide bonds. The Balaban J connectivity index is 2.07. The first kappa shape index (κ1) is 13.1. The summed E-state index contributed by atoms with van der Waals surface area (Å²) in [5.74, 6) is -3.81. The van der Waals surface area contributed by atoms with Crippen molar-refractivity contribution in [3.8, 4) is 0 Å². The zero-order valence-corrected chi connectivity index (χ0v) is 9.66. The predicted molar refractivity (Wildman–Crippen MR) is 61.7 cm³/mol. The number of nitrogens with one attached hydrogen (secondary N) is 1. The van der Waals surface area contributed by atoms with Crippen molar-refractivity contribution >= 4 is 5.91 Å². The smallest absolute Gasteiger partial charge is 0.253 e. The van der Waals surface area contributed by atoms with E-state index < -0.39 is 23.4 Å². The summed E-state index contributed by atoms with van der Waals surface area (Å²) in [4.78, 5) is 15.4. The molecule has 1 aromatic carbocycles. The zero-order valence-electron chi connectivity index (χ0n) is 9.66. The number of rotatable bonds is 3. The van der Waals surface area contributed by atoms with Crippen molar-refractivity contribution in [3.63, 3.8) is 0 Å². The summed E-state index contributed by atoms with van der Waals surface area (Å²) in [6.07, 6.45) is 2.85. The van der Waals surface area contributed by atoms with Gasteiger partial charge in [0.1, 0.15) is 5.82 Å². The number of carbonyl (C=O) groups excluding carboxylic acids is 1. The van der Waals surface area contributed by atoms with Crippen LogP contribution in [0.25, 0.3) is 0 Å². The van der Waals surface area contributed by atoms with E-state index in [1.165, 1.54) is 18.5 Å². The van der Waals surface area contributed by atoms with Gasteiger partial charge in [0.2, 0.25) is 0 Å². The summed E-state index contributed by atoms with van der Waals surface area (Å²) in [7, 11) is 0. The lowest BCUT2D eigenvalue weighted by atomic mass is 10.2. The number of carbonyl (C=O) groups is 1. The molecule has 0 atom stereocenters. The van der Waals surface area contributed by atoms with E-state index in [4.69, 9.17) is 0 Å². The summed E-state index contributed by atoms with van der Waals surface area (Å²) >= 11 is 0. The van der Waals surface area contributed by atoms with Crippen LogP contribution in [0.3, 0.4) is 0 Å². The van der Waals surface area contributed by atoms with Crippen molar-refractivity contribution in [1.29, 1.82) is 0 Å². The van der Waals surface area contributed by atoms with Gasteiger partial charge in [-0.05, 0) is 18.2 Å². The lowest BCUT2D eigenvalue weighted by Gasteiger charge is -2.06. The molecule has 0 aliphatic heterocycles. The Labute approximate surface area is 107 Å². The van der Waals surface area contributed by atoms with Crippen LogP contribution in [-0.2, 0) is 6.54 Å². The van der Waals surface area contributed by atoms with Crippen molar-refractivity contribution in [2.45, 2.75) is 6.54 Å². The van der Waals surface area contributed by atoms with Crippen LogP contribution in [0.15, 0.2) is 36.7 Å². The van der Waals surface area contributed by atoms with Crippen LogP contribution in [0.1, 0.15) is 15.9 Å². The first-order valence-corrected chi connectivity index (χ1v) is 5.39. The van der Waals surface area contributed by atoms with Crippen molar-refractivity contribution < 1.29 is 18.0 Å². The average molecular weight is 266 g/mol. The molecule has 0 bridgehead atoms. The molecule has 0 saturated carbocycles. The highest BCUT2D eigenvalue weighted by Crippen LogP contribution is 2.13. The average Bonchev–Trinajstić information content (AvgIpc) is 2.42. The molecule has 19 heavy (non-hydrogen) atoms. The maximum absolute atomic E-state index is 13.3. The van der Waals surface area contributed by atoms with Crippen LogP contribution in [-0.4, -0.2) is 10.9 Å². The Morgan fingerprint density at radius 3 is 2.58 bits per heavy atom. The lowest BCUT2D eigenvalue weighted by molar-refractivity contribution is 0.0950. The summed E-state index contributed by atoms with van der Waals surface area (Å²) in [6, 6.07) is 4.27. The number of halogens is 3. The Morgan fingerprint density at radius 2 is 1.89 bits per heavy atom. The summed E-state index contributed by atoms with van der Waals surface area (Å²) < 4.78 is 39.0. The minimum atomic E-state index is -1.26. The molecule has 0 aliphatic carbocycles. The van der Waals surface area contributed by atoms with Gasteiger partial charge in [0, 0.05) is 30.6 Å². The molecule has 6 heteroatoms. The van der Waals surface area contributed by atoms with E-state index in [2.05, 4.69) is 10.3 Å². The third-order valence-corrected chi connectivity index (χ3v) is 2.45. The highest BCUT2D eigenvalue weighted by molar-refractivity contribution is 5.93. The first-order chi connectivity index (χ1) is 9.08. The van der Waals surface area contributed by atoms with Gasteiger partial charge in [0.25, 0.3) is 5.91 Å². The summed E-state index contributed by atoms with van der Waals surface area (Å²) in [6.45, 7) is -0.239. The molecule has 2 aromatic rings. The van der Waals surface area contributed by atoms with Crippen molar-refractivity contribution in [2.24, 2.45) is 0 Å². The molecule has 0 aliphatic rings.